The number of hydrogen-bond donors (Lipinski definition) is 3. The van der Waals surface area contributed by atoms with Gasteiger partial charge in [0, 0.05) is 16.7 Å². The predicted molar refractivity (Wildman–Crippen MR) is 77.4 cm³/mol. The lowest BCUT2D eigenvalue weighted by Crippen LogP contribution is -2.40. The smallest absolute Gasteiger partial charge is 0.225 e. The summed E-state index contributed by atoms with van der Waals surface area (Å²) in [6, 6.07) is 0. The zero-order valence-electron chi connectivity index (χ0n) is 11.7. The van der Waals surface area contributed by atoms with Crippen LogP contribution in [-0.2, 0) is 4.79 Å². The predicted octanol–water partition coefficient (Wildman–Crippen LogP) is 2.36. The Labute approximate surface area is 111 Å². The average molecular weight is 260 g/mol. The standard InChI is InChI=1S/C13H28N2OS/c1-12(2,10-13(3,4)17)11(16)15-9-7-5-6-8-14/h17H,5-10,14H2,1-4H3,(H,15,16). The molecule has 0 saturated heterocycles. The first kappa shape index (κ1) is 16.8. The molecule has 0 aromatic heterocycles. The number of nitrogens with one attached hydrogen (secondary N) is 1. The molecule has 0 aliphatic heterocycles. The molecule has 0 aliphatic carbocycles. The second-order valence-corrected chi connectivity index (χ2v) is 7.19. The Hall–Kier alpha value is -0.220. The monoisotopic (exact) mass is 260 g/mol. The summed E-state index contributed by atoms with van der Waals surface area (Å²) in [5.41, 5.74) is 5.05. The van der Waals surface area contributed by atoms with Gasteiger partial charge in [0.15, 0.2) is 0 Å². The van der Waals surface area contributed by atoms with Crippen molar-refractivity contribution in [1.29, 1.82) is 0 Å². The van der Waals surface area contributed by atoms with E-state index >= 15 is 0 Å². The molecular weight excluding hydrogens is 232 g/mol. The second kappa shape index (κ2) is 7.27. The van der Waals surface area contributed by atoms with Crippen molar-refractivity contribution in [3.05, 3.63) is 0 Å². The van der Waals surface area contributed by atoms with Crippen LogP contribution in [0.4, 0.5) is 0 Å². The Bertz CT molecular complexity index is 234. The van der Waals surface area contributed by atoms with Crippen molar-refractivity contribution in [2.24, 2.45) is 11.1 Å². The summed E-state index contributed by atoms with van der Waals surface area (Å²) in [6.07, 6.45) is 3.87. The van der Waals surface area contributed by atoms with E-state index in [0.29, 0.717) is 0 Å². The number of carbonyl (C=O) groups excluding carboxylic acids is 1. The molecule has 0 atom stereocenters. The van der Waals surface area contributed by atoms with Crippen LogP contribution in [0.5, 0.6) is 0 Å². The van der Waals surface area contributed by atoms with Crippen molar-refractivity contribution >= 4 is 18.5 Å². The van der Waals surface area contributed by atoms with Gasteiger partial charge in [0.25, 0.3) is 0 Å². The van der Waals surface area contributed by atoms with E-state index in [2.05, 4.69) is 17.9 Å². The largest absolute Gasteiger partial charge is 0.356 e. The van der Waals surface area contributed by atoms with Crippen LogP contribution in [0.3, 0.4) is 0 Å². The number of thiol groups is 1. The van der Waals surface area contributed by atoms with E-state index in [4.69, 9.17) is 5.73 Å². The van der Waals surface area contributed by atoms with Gasteiger partial charge in [-0.05, 0) is 25.8 Å². The maximum Gasteiger partial charge on any atom is 0.225 e. The van der Waals surface area contributed by atoms with Crippen LogP contribution < -0.4 is 11.1 Å². The molecule has 0 aromatic rings. The van der Waals surface area contributed by atoms with Gasteiger partial charge in [-0.2, -0.15) is 12.6 Å². The molecule has 0 saturated carbocycles. The molecule has 0 unspecified atom stereocenters. The third kappa shape index (κ3) is 8.50. The number of carbonyl (C=O) groups is 1. The van der Waals surface area contributed by atoms with Crippen LogP contribution in [0.15, 0.2) is 0 Å². The third-order valence-electron chi connectivity index (χ3n) is 2.66. The Kier molecular flexibility index (Phi) is 7.17. The first-order valence-electron chi connectivity index (χ1n) is 6.40. The fourth-order valence-corrected chi connectivity index (χ4v) is 2.44. The molecule has 17 heavy (non-hydrogen) atoms. The van der Waals surface area contributed by atoms with Gasteiger partial charge in [0.2, 0.25) is 5.91 Å². The second-order valence-electron chi connectivity index (χ2n) is 5.98. The van der Waals surface area contributed by atoms with Crippen molar-refractivity contribution in [2.75, 3.05) is 13.1 Å². The molecule has 0 spiro atoms. The summed E-state index contributed by atoms with van der Waals surface area (Å²) in [5.74, 6) is 0.118. The zero-order valence-corrected chi connectivity index (χ0v) is 12.6. The van der Waals surface area contributed by atoms with E-state index in [9.17, 15) is 4.79 Å². The lowest BCUT2D eigenvalue weighted by atomic mass is 9.82. The normalized spacial score (nSPS) is 12.6. The van der Waals surface area contributed by atoms with Crippen LogP contribution in [0.25, 0.3) is 0 Å². The van der Waals surface area contributed by atoms with Crippen molar-refractivity contribution < 1.29 is 4.79 Å². The van der Waals surface area contributed by atoms with Gasteiger partial charge in [-0.1, -0.05) is 34.1 Å². The number of amides is 1. The van der Waals surface area contributed by atoms with Gasteiger partial charge in [0.1, 0.15) is 0 Å². The Morgan fingerprint density at radius 3 is 2.24 bits per heavy atom. The van der Waals surface area contributed by atoms with Gasteiger partial charge in [-0.3, -0.25) is 4.79 Å². The Morgan fingerprint density at radius 2 is 1.76 bits per heavy atom. The molecule has 0 bridgehead atoms. The van der Waals surface area contributed by atoms with Gasteiger partial charge in [-0.25, -0.2) is 0 Å². The first-order valence-corrected chi connectivity index (χ1v) is 6.84. The average Bonchev–Trinajstić information content (AvgIpc) is 2.13. The van der Waals surface area contributed by atoms with E-state index in [1.54, 1.807) is 0 Å². The number of hydrogen-bond acceptors (Lipinski definition) is 3. The zero-order chi connectivity index (χ0) is 13.5. The SMILES string of the molecule is CC(C)(S)CC(C)(C)C(=O)NCCCCCN. The van der Waals surface area contributed by atoms with E-state index in [1.165, 1.54) is 0 Å². The first-order chi connectivity index (χ1) is 7.69. The molecule has 0 fully saturated rings. The minimum Gasteiger partial charge on any atom is -0.356 e. The summed E-state index contributed by atoms with van der Waals surface area (Å²) in [5, 5.41) is 2.99. The molecule has 1 amide bonds. The van der Waals surface area contributed by atoms with Gasteiger partial charge >= 0.3 is 0 Å². The molecule has 4 heteroatoms. The minimum atomic E-state index is -0.362. The third-order valence-corrected chi connectivity index (χ3v) is 2.81. The van der Waals surface area contributed by atoms with E-state index in [-0.39, 0.29) is 16.1 Å². The van der Waals surface area contributed by atoms with Crippen LogP contribution in [0, 0.1) is 5.41 Å². The van der Waals surface area contributed by atoms with Crippen molar-refractivity contribution in [3.63, 3.8) is 0 Å². The fraction of sp³-hybridized carbons (Fsp3) is 0.923. The summed E-state index contributed by atoms with van der Waals surface area (Å²) in [7, 11) is 0. The Balaban J connectivity index is 3.95. The van der Waals surface area contributed by atoms with Crippen LogP contribution in [0.2, 0.25) is 0 Å². The van der Waals surface area contributed by atoms with Crippen molar-refractivity contribution in [3.8, 4) is 0 Å². The van der Waals surface area contributed by atoms with Crippen LogP contribution in [-0.4, -0.2) is 23.7 Å². The molecule has 3 N–H and O–H groups in total. The van der Waals surface area contributed by atoms with E-state index < -0.39 is 0 Å². The highest BCUT2D eigenvalue weighted by molar-refractivity contribution is 7.81. The highest BCUT2D eigenvalue weighted by atomic mass is 32.1. The molecule has 3 nitrogen and oxygen atoms in total. The maximum absolute atomic E-state index is 12.0. The summed E-state index contributed by atoms with van der Waals surface area (Å²) in [4.78, 5) is 12.0. The molecular formula is C13H28N2OS. The number of nitrogens with two attached hydrogens (primary N) is 1. The fourth-order valence-electron chi connectivity index (χ4n) is 2.05. The molecule has 0 radical (unpaired) electrons. The molecule has 0 aliphatic rings. The minimum absolute atomic E-state index is 0.118. The van der Waals surface area contributed by atoms with E-state index in [0.717, 1.165) is 38.8 Å². The Morgan fingerprint density at radius 1 is 1.18 bits per heavy atom. The van der Waals surface area contributed by atoms with Gasteiger partial charge < -0.3 is 11.1 Å². The molecule has 0 rings (SSSR count). The summed E-state index contributed by atoms with van der Waals surface area (Å²) < 4.78 is -0.125. The highest BCUT2D eigenvalue weighted by Gasteiger charge is 2.32. The summed E-state index contributed by atoms with van der Waals surface area (Å²) in [6.45, 7) is 9.49. The summed E-state index contributed by atoms with van der Waals surface area (Å²) >= 11 is 4.49. The van der Waals surface area contributed by atoms with Crippen molar-refractivity contribution in [1.82, 2.24) is 5.32 Å². The number of rotatable bonds is 8. The van der Waals surface area contributed by atoms with Crippen LogP contribution in [0.1, 0.15) is 53.4 Å². The molecule has 0 heterocycles. The van der Waals surface area contributed by atoms with Crippen molar-refractivity contribution in [2.45, 2.75) is 58.1 Å². The molecule has 0 aromatic carbocycles. The van der Waals surface area contributed by atoms with Gasteiger partial charge in [0.05, 0.1) is 0 Å². The molecule has 102 valence electrons. The van der Waals surface area contributed by atoms with Gasteiger partial charge in [-0.15, -0.1) is 0 Å². The maximum atomic E-state index is 12.0. The lowest BCUT2D eigenvalue weighted by Gasteiger charge is -2.30. The van der Waals surface area contributed by atoms with E-state index in [1.807, 2.05) is 27.7 Å². The topological polar surface area (TPSA) is 55.1 Å². The quantitative estimate of drug-likeness (QED) is 0.463. The highest BCUT2D eigenvalue weighted by Crippen LogP contribution is 2.31. The van der Waals surface area contributed by atoms with Crippen LogP contribution >= 0.6 is 12.6 Å². The number of unbranched alkanes of at least 4 members (excludes halogenated alkanes) is 2. The lowest BCUT2D eigenvalue weighted by molar-refractivity contribution is -0.129.